The number of carboxylic acids is 1. The van der Waals surface area contributed by atoms with Gasteiger partial charge in [-0.05, 0) is 31.0 Å². The Hall–Kier alpha value is -2.12. The number of hydrogen-bond donors (Lipinski definition) is 5. The molecular weight excluding hydrogens is 276 g/mol. The van der Waals surface area contributed by atoms with Crippen LogP contribution in [0.15, 0.2) is 6.07 Å². The molecule has 1 rings (SSSR count). The average molecular weight is 296 g/mol. The number of Topliss-reactive ketones (excluding diaryl/α,β-unsaturated/α-hetero) is 1. The van der Waals surface area contributed by atoms with Crippen molar-refractivity contribution in [2.24, 2.45) is 11.5 Å². The lowest BCUT2D eigenvalue weighted by molar-refractivity contribution is 0.0690. The molecule has 7 nitrogen and oxygen atoms in total. The molecule has 7 heteroatoms. The summed E-state index contributed by atoms with van der Waals surface area (Å²) in [4.78, 5) is 23.2. The van der Waals surface area contributed by atoms with Gasteiger partial charge in [-0.2, -0.15) is 0 Å². The van der Waals surface area contributed by atoms with Crippen molar-refractivity contribution in [1.29, 1.82) is 0 Å². The van der Waals surface area contributed by atoms with Gasteiger partial charge in [0.05, 0.1) is 5.56 Å². The van der Waals surface area contributed by atoms with Crippen LogP contribution in [0, 0.1) is 0 Å². The molecule has 1 aromatic carbocycles. The summed E-state index contributed by atoms with van der Waals surface area (Å²) in [7, 11) is 0. The molecule has 0 aliphatic heterocycles. The van der Waals surface area contributed by atoms with Crippen LogP contribution in [0.4, 0.5) is 0 Å². The first kappa shape index (κ1) is 16.9. The Morgan fingerprint density at radius 3 is 2.24 bits per heavy atom. The molecule has 116 valence electrons. The number of rotatable bonds is 8. The molecular formula is C14H20N2O5. The summed E-state index contributed by atoms with van der Waals surface area (Å²) in [5.74, 6) is -3.25. The van der Waals surface area contributed by atoms with Crippen molar-refractivity contribution in [2.75, 3.05) is 6.54 Å². The van der Waals surface area contributed by atoms with Gasteiger partial charge in [0, 0.05) is 13.0 Å². The molecule has 7 N–H and O–H groups in total. The molecule has 0 spiro atoms. The Morgan fingerprint density at radius 1 is 1.05 bits per heavy atom. The smallest absolute Gasteiger partial charge is 0.343 e. The highest BCUT2D eigenvalue weighted by Crippen LogP contribution is 2.34. The Balaban J connectivity index is 3.12. The number of nitrogens with two attached hydrogens (primary N) is 2. The largest absolute Gasteiger partial charge is 0.507 e. The van der Waals surface area contributed by atoms with Gasteiger partial charge in [-0.15, -0.1) is 0 Å². The van der Waals surface area contributed by atoms with E-state index in [2.05, 4.69) is 0 Å². The van der Waals surface area contributed by atoms with Crippen LogP contribution in [-0.2, 0) is 6.54 Å². The fourth-order valence-electron chi connectivity index (χ4n) is 2.12. The Kier molecular flexibility index (Phi) is 6.13. The van der Waals surface area contributed by atoms with E-state index in [-0.39, 0.29) is 24.1 Å². The van der Waals surface area contributed by atoms with Gasteiger partial charge in [-0.25, -0.2) is 4.79 Å². The molecule has 0 radical (unpaired) electrons. The maximum Gasteiger partial charge on any atom is 0.343 e. The number of phenols is 2. The zero-order valence-corrected chi connectivity index (χ0v) is 11.6. The summed E-state index contributed by atoms with van der Waals surface area (Å²) in [5, 5.41) is 28.6. The topological polar surface area (TPSA) is 147 Å². The SMILES string of the molecule is NCCCCCC(=O)c1c(CN)cc(O)c(C(=O)O)c1O. The number of unbranched alkanes of at least 4 members (excludes halogenated alkanes) is 2. The van der Waals surface area contributed by atoms with E-state index < -0.39 is 28.8 Å². The second-order valence-electron chi connectivity index (χ2n) is 4.69. The monoisotopic (exact) mass is 296 g/mol. The molecule has 0 aliphatic carbocycles. The fraction of sp³-hybridized carbons (Fsp3) is 0.429. The minimum Gasteiger partial charge on any atom is -0.507 e. The highest BCUT2D eigenvalue weighted by molar-refractivity contribution is 6.05. The van der Waals surface area contributed by atoms with Gasteiger partial charge in [0.1, 0.15) is 17.1 Å². The average Bonchev–Trinajstić information content (AvgIpc) is 2.42. The van der Waals surface area contributed by atoms with Gasteiger partial charge in [0.15, 0.2) is 5.78 Å². The van der Waals surface area contributed by atoms with Crippen LogP contribution in [0.5, 0.6) is 11.5 Å². The van der Waals surface area contributed by atoms with Crippen LogP contribution < -0.4 is 11.5 Å². The second kappa shape index (κ2) is 7.61. The maximum atomic E-state index is 12.2. The standard InChI is InChI=1S/C14H20N2O5/c15-5-3-1-2-4-9(17)11-8(7-16)6-10(18)12(13(11)19)14(20)21/h6,18-19H,1-5,7,15-16H2,(H,20,21). The van der Waals surface area contributed by atoms with Crippen molar-refractivity contribution < 1.29 is 24.9 Å². The summed E-state index contributed by atoms with van der Waals surface area (Å²) >= 11 is 0. The van der Waals surface area contributed by atoms with Gasteiger partial charge in [0.2, 0.25) is 0 Å². The first-order valence-corrected chi connectivity index (χ1v) is 6.68. The first-order valence-electron chi connectivity index (χ1n) is 6.68. The Bertz CT molecular complexity index is 543. The van der Waals surface area contributed by atoms with Crippen molar-refractivity contribution >= 4 is 11.8 Å². The van der Waals surface area contributed by atoms with Gasteiger partial charge in [0.25, 0.3) is 0 Å². The molecule has 0 heterocycles. The van der Waals surface area contributed by atoms with Crippen LogP contribution >= 0.6 is 0 Å². The number of ketones is 1. The summed E-state index contributed by atoms with van der Waals surface area (Å²) in [5.41, 5.74) is 10.3. The summed E-state index contributed by atoms with van der Waals surface area (Å²) in [6.45, 7) is 0.445. The number of benzene rings is 1. The van der Waals surface area contributed by atoms with Crippen LogP contribution in [0.25, 0.3) is 0 Å². The van der Waals surface area contributed by atoms with Crippen LogP contribution in [0.2, 0.25) is 0 Å². The van der Waals surface area contributed by atoms with E-state index >= 15 is 0 Å². The third kappa shape index (κ3) is 3.93. The van der Waals surface area contributed by atoms with Crippen molar-refractivity contribution in [2.45, 2.75) is 32.2 Å². The highest BCUT2D eigenvalue weighted by atomic mass is 16.4. The number of carbonyl (C=O) groups excluding carboxylic acids is 1. The van der Waals surface area contributed by atoms with Gasteiger partial charge >= 0.3 is 5.97 Å². The quantitative estimate of drug-likeness (QED) is 0.354. The molecule has 0 bridgehead atoms. The predicted molar refractivity (Wildman–Crippen MR) is 76.5 cm³/mol. The first-order chi connectivity index (χ1) is 9.93. The van der Waals surface area contributed by atoms with Crippen LogP contribution in [0.1, 0.15) is 52.0 Å². The van der Waals surface area contributed by atoms with E-state index in [1.165, 1.54) is 0 Å². The van der Waals surface area contributed by atoms with Crippen molar-refractivity contribution in [3.8, 4) is 11.5 Å². The minimum atomic E-state index is -1.51. The highest BCUT2D eigenvalue weighted by Gasteiger charge is 2.25. The summed E-state index contributed by atoms with van der Waals surface area (Å²) in [6, 6.07) is 1.11. The molecule has 0 aromatic heterocycles. The van der Waals surface area contributed by atoms with Crippen LogP contribution in [0.3, 0.4) is 0 Å². The van der Waals surface area contributed by atoms with Crippen molar-refractivity contribution in [3.05, 3.63) is 22.8 Å². The van der Waals surface area contributed by atoms with E-state index in [9.17, 15) is 19.8 Å². The van der Waals surface area contributed by atoms with E-state index in [4.69, 9.17) is 16.6 Å². The van der Waals surface area contributed by atoms with E-state index in [1.807, 2.05) is 0 Å². The fourth-order valence-corrected chi connectivity index (χ4v) is 2.12. The lowest BCUT2D eigenvalue weighted by atomic mass is 9.95. The minimum absolute atomic E-state index is 0.0924. The summed E-state index contributed by atoms with van der Waals surface area (Å²) < 4.78 is 0. The molecule has 0 saturated carbocycles. The molecule has 1 aromatic rings. The zero-order chi connectivity index (χ0) is 16.0. The number of hydrogen-bond acceptors (Lipinski definition) is 6. The Morgan fingerprint density at radius 2 is 1.71 bits per heavy atom. The molecule has 0 amide bonds. The number of aromatic carboxylic acids is 1. The number of carboxylic acid groups (broad SMARTS) is 1. The van der Waals surface area contributed by atoms with Crippen LogP contribution in [-0.4, -0.2) is 33.6 Å². The maximum absolute atomic E-state index is 12.2. The van der Waals surface area contributed by atoms with E-state index in [1.54, 1.807) is 0 Å². The lowest BCUT2D eigenvalue weighted by Gasteiger charge is -2.13. The van der Waals surface area contributed by atoms with Gasteiger partial charge in [-0.3, -0.25) is 4.79 Å². The summed E-state index contributed by atoms with van der Waals surface area (Å²) in [6.07, 6.45) is 2.30. The number of aromatic hydroxyl groups is 2. The molecule has 0 unspecified atom stereocenters. The second-order valence-corrected chi connectivity index (χ2v) is 4.69. The third-order valence-electron chi connectivity index (χ3n) is 3.18. The zero-order valence-electron chi connectivity index (χ0n) is 11.6. The molecule has 0 saturated heterocycles. The van der Waals surface area contributed by atoms with E-state index in [0.29, 0.717) is 13.0 Å². The third-order valence-corrected chi connectivity index (χ3v) is 3.18. The molecule has 21 heavy (non-hydrogen) atoms. The normalized spacial score (nSPS) is 10.6. The number of carbonyl (C=O) groups is 2. The van der Waals surface area contributed by atoms with Crippen molar-refractivity contribution in [1.82, 2.24) is 0 Å². The predicted octanol–water partition coefficient (Wildman–Crippen LogP) is 0.956. The molecule has 0 aliphatic rings. The van der Waals surface area contributed by atoms with Crippen molar-refractivity contribution in [3.63, 3.8) is 0 Å². The molecule has 0 atom stereocenters. The molecule has 0 fully saturated rings. The van der Waals surface area contributed by atoms with Gasteiger partial charge < -0.3 is 26.8 Å². The lowest BCUT2D eigenvalue weighted by Crippen LogP contribution is -2.11. The Labute approximate surface area is 122 Å². The van der Waals surface area contributed by atoms with E-state index in [0.717, 1.165) is 18.9 Å². The van der Waals surface area contributed by atoms with Gasteiger partial charge in [-0.1, -0.05) is 6.42 Å².